The first-order chi connectivity index (χ1) is 7.40. The second-order valence-corrected chi connectivity index (χ2v) is 3.05. The molecule has 2 aromatic rings. The van der Waals surface area contributed by atoms with E-state index in [0.29, 0.717) is 6.42 Å². The number of allylic oxidation sites excluding steroid dienone is 1. The molecule has 15 heavy (non-hydrogen) atoms. The van der Waals surface area contributed by atoms with E-state index in [1.54, 1.807) is 12.3 Å². The van der Waals surface area contributed by atoms with Gasteiger partial charge >= 0.3 is 0 Å². The molecule has 0 aliphatic carbocycles. The average molecular weight is 195 g/mol. The molecule has 0 atom stereocenters. The van der Waals surface area contributed by atoms with Gasteiger partial charge in [0.2, 0.25) is 0 Å². The number of para-hydroxylation sites is 2. The van der Waals surface area contributed by atoms with Gasteiger partial charge in [0.25, 0.3) is 0 Å². The van der Waals surface area contributed by atoms with Crippen LogP contribution in [0.4, 0.5) is 0 Å². The zero-order valence-electron chi connectivity index (χ0n) is 8.09. The Balaban J connectivity index is 2.35. The highest BCUT2D eigenvalue weighted by molar-refractivity contribution is 5.74. The largest absolute Gasteiger partial charge is 0.252 e. The summed E-state index contributed by atoms with van der Waals surface area (Å²) in [5, 5.41) is 8.38. The summed E-state index contributed by atoms with van der Waals surface area (Å²) in [6.45, 7) is 0. The Morgan fingerprint density at radius 1 is 1.27 bits per heavy atom. The maximum absolute atomic E-state index is 8.38. The Bertz CT molecular complexity index is 538. The third kappa shape index (κ3) is 2.18. The van der Waals surface area contributed by atoms with Gasteiger partial charge in [-0.25, -0.2) is 4.98 Å². The van der Waals surface area contributed by atoms with Gasteiger partial charge in [0, 0.05) is 0 Å². The van der Waals surface area contributed by atoms with Crippen LogP contribution in [0.2, 0.25) is 0 Å². The van der Waals surface area contributed by atoms with Crippen LogP contribution in [0, 0.1) is 11.3 Å². The first-order valence-corrected chi connectivity index (χ1v) is 4.65. The highest BCUT2D eigenvalue weighted by Crippen LogP contribution is 2.09. The lowest BCUT2D eigenvalue weighted by Gasteiger charge is -1.96. The van der Waals surface area contributed by atoms with Crippen molar-refractivity contribution < 1.29 is 0 Å². The van der Waals surface area contributed by atoms with Gasteiger partial charge in [-0.05, 0) is 18.2 Å². The number of nitrogens with zero attached hydrogens (tertiary/aromatic N) is 3. The first-order valence-electron chi connectivity index (χ1n) is 4.65. The first kappa shape index (κ1) is 9.35. The molecule has 0 unspecified atom stereocenters. The van der Waals surface area contributed by atoms with Crippen LogP contribution in [-0.2, 0) is 0 Å². The van der Waals surface area contributed by atoms with Crippen molar-refractivity contribution in [2.75, 3.05) is 0 Å². The molecule has 0 radical (unpaired) electrons. The monoisotopic (exact) mass is 195 g/mol. The third-order valence-electron chi connectivity index (χ3n) is 1.96. The summed E-state index contributed by atoms with van der Waals surface area (Å²) in [5.41, 5.74) is 2.54. The number of hydrogen-bond acceptors (Lipinski definition) is 3. The van der Waals surface area contributed by atoms with Crippen LogP contribution >= 0.6 is 0 Å². The maximum atomic E-state index is 8.38. The summed E-state index contributed by atoms with van der Waals surface area (Å²) in [6, 6.07) is 9.75. The minimum atomic E-state index is 0.397. The number of rotatable bonds is 2. The fraction of sp³-hybridized carbons (Fsp3) is 0.0833. The topological polar surface area (TPSA) is 49.6 Å². The highest BCUT2D eigenvalue weighted by atomic mass is 14.8. The van der Waals surface area contributed by atoms with Gasteiger partial charge in [0.1, 0.15) is 0 Å². The number of benzene rings is 1. The maximum Gasteiger partial charge on any atom is 0.0894 e. The molecule has 1 aromatic carbocycles. The summed E-state index contributed by atoms with van der Waals surface area (Å²) in [6.07, 6.45) is 5.69. The Labute approximate surface area is 87.7 Å². The zero-order chi connectivity index (χ0) is 10.5. The lowest BCUT2D eigenvalue weighted by Crippen LogP contribution is -1.86. The van der Waals surface area contributed by atoms with Gasteiger partial charge in [-0.3, -0.25) is 4.98 Å². The Kier molecular flexibility index (Phi) is 2.70. The van der Waals surface area contributed by atoms with Crippen molar-refractivity contribution in [3.8, 4) is 6.07 Å². The molecule has 0 saturated carbocycles. The van der Waals surface area contributed by atoms with Crippen LogP contribution in [-0.4, -0.2) is 9.97 Å². The van der Waals surface area contributed by atoms with Crippen LogP contribution < -0.4 is 0 Å². The summed E-state index contributed by atoms with van der Waals surface area (Å²) in [4.78, 5) is 8.65. The molecule has 0 amide bonds. The Morgan fingerprint density at radius 3 is 2.87 bits per heavy atom. The summed E-state index contributed by atoms with van der Waals surface area (Å²) in [5.74, 6) is 0. The molecule has 0 saturated heterocycles. The Hall–Kier alpha value is -2.21. The van der Waals surface area contributed by atoms with E-state index in [9.17, 15) is 0 Å². The highest BCUT2D eigenvalue weighted by Gasteiger charge is 1.94. The molecule has 72 valence electrons. The lowest BCUT2D eigenvalue weighted by molar-refractivity contribution is 1.26. The standard InChI is InChI=1S/C12H9N3/c13-8-4-3-5-10-9-14-11-6-1-2-7-12(11)15-10/h1-3,5-7,9H,4H2. The predicted octanol–water partition coefficient (Wildman–Crippen LogP) is 2.56. The van der Waals surface area contributed by atoms with E-state index in [-0.39, 0.29) is 0 Å². The zero-order valence-corrected chi connectivity index (χ0v) is 8.09. The lowest BCUT2D eigenvalue weighted by atomic mass is 10.3. The smallest absolute Gasteiger partial charge is 0.0894 e. The molecule has 0 spiro atoms. The van der Waals surface area contributed by atoms with Crippen molar-refractivity contribution in [3.63, 3.8) is 0 Å². The van der Waals surface area contributed by atoms with Crippen LogP contribution in [0.3, 0.4) is 0 Å². The summed E-state index contributed by atoms with van der Waals surface area (Å²) >= 11 is 0. The molecule has 3 heteroatoms. The quantitative estimate of drug-likeness (QED) is 0.739. The number of aromatic nitrogens is 2. The van der Waals surface area contributed by atoms with Gasteiger partial charge in [-0.1, -0.05) is 18.2 Å². The van der Waals surface area contributed by atoms with Crippen LogP contribution in [0.5, 0.6) is 0 Å². The van der Waals surface area contributed by atoms with Gasteiger partial charge < -0.3 is 0 Å². The van der Waals surface area contributed by atoms with E-state index in [1.165, 1.54) is 0 Å². The van der Waals surface area contributed by atoms with Crippen molar-refractivity contribution >= 4 is 17.1 Å². The number of fused-ring (bicyclic) bond motifs is 1. The van der Waals surface area contributed by atoms with Crippen LogP contribution in [0.15, 0.2) is 36.5 Å². The van der Waals surface area contributed by atoms with Crippen LogP contribution in [0.25, 0.3) is 17.1 Å². The van der Waals surface area contributed by atoms with Crippen molar-refractivity contribution in [3.05, 3.63) is 42.2 Å². The van der Waals surface area contributed by atoms with E-state index >= 15 is 0 Å². The summed E-state index contributed by atoms with van der Waals surface area (Å²) < 4.78 is 0. The molecule has 0 bridgehead atoms. The molecule has 0 aliphatic rings. The van der Waals surface area contributed by atoms with Crippen molar-refractivity contribution in [2.45, 2.75) is 6.42 Å². The summed E-state index contributed by atoms with van der Waals surface area (Å²) in [7, 11) is 0. The molecule has 0 aliphatic heterocycles. The normalized spacial score (nSPS) is 10.6. The van der Waals surface area contributed by atoms with Crippen molar-refractivity contribution in [2.24, 2.45) is 0 Å². The Morgan fingerprint density at radius 2 is 2.07 bits per heavy atom. The van der Waals surface area contributed by atoms with Gasteiger partial charge in [-0.15, -0.1) is 0 Å². The SMILES string of the molecule is N#CCC=Cc1cnc2ccccc2n1. The molecule has 0 fully saturated rings. The molecule has 1 heterocycles. The van der Waals surface area contributed by atoms with Crippen molar-refractivity contribution in [1.82, 2.24) is 9.97 Å². The minimum absolute atomic E-state index is 0.397. The minimum Gasteiger partial charge on any atom is -0.252 e. The fourth-order valence-electron chi connectivity index (χ4n) is 1.28. The van der Waals surface area contributed by atoms with Gasteiger partial charge in [0.05, 0.1) is 35.4 Å². The number of hydrogen-bond donors (Lipinski definition) is 0. The van der Waals surface area contributed by atoms with Crippen molar-refractivity contribution in [1.29, 1.82) is 5.26 Å². The van der Waals surface area contributed by atoms with E-state index in [1.807, 2.05) is 36.4 Å². The van der Waals surface area contributed by atoms with E-state index in [4.69, 9.17) is 5.26 Å². The van der Waals surface area contributed by atoms with E-state index in [0.717, 1.165) is 16.7 Å². The molecular formula is C12H9N3. The third-order valence-corrected chi connectivity index (χ3v) is 1.96. The predicted molar refractivity (Wildman–Crippen MR) is 58.8 cm³/mol. The van der Waals surface area contributed by atoms with E-state index < -0.39 is 0 Å². The fourth-order valence-corrected chi connectivity index (χ4v) is 1.28. The molecule has 0 N–H and O–H groups in total. The average Bonchev–Trinajstić information content (AvgIpc) is 2.29. The molecule has 2 rings (SSSR count). The molecule has 3 nitrogen and oxygen atoms in total. The molecular weight excluding hydrogens is 186 g/mol. The second kappa shape index (κ2) is 4.34. The molecule has 1 aromatic heterocycles. The van der Waals surface area contributed by atoms with E-state index in [2.05, 4.69) is 9.97 Å². The van der Waals surface area contributed by atoms with Gasteiger partial charge in [-0.2, -0.15) is 5.26 Å². The van der Waals surface area contributed by atoms with Crippen LogP contribution in [0.1, 0.15) is 12.1 Å². The number of nitriles is 1. The second-order valence-electron chi connectivity index (χ2n) is 3.05. The van der Waals surface area contributed by atoms with Gasteiger partial charge in [0.15, 0.2) is 0 Å².